The maximum Gasteiger partial charge on any atom is 0.164 e. The first-order valence-electron chi connectivity index (χ1n) is 3.21. The van der Waals surface area contributed by atoms with Gasteiger partial charge in [0.2, 0.25) is 0 Å². The molecular formula is C8H10O3. The van der Waals surface area contributed by atoms with Crippen molar-refractivity contribution in [3.63, 3.8) is 0 Å². The molecule has 0 aliphatic rings. The normalized spacial score (nSPS) is 9.64. The summed E-state index contributed by atoms with van der Waals surface area (Å²) in [4.78, 5) is 0. The van der Waals surface area contributed by atoms with Crippen LogP contribution >= 0.6 is 0 Å². The fraction of sp³-hybridized carbons (Fsp3) is 0.250. The van der Waals surface area contributed by atoms with Crippen LogP contribution in [0.4, 0.5) is 0 Å². The van der Waals surface area contributed by atoms with E-state index >= 15 is 0 Å². The number of hydrogen-bond acceptors (Lipinski definition) is 3. The second-order valence-electron chi connectivity index (χ2n) is 2.31. The topological polar surface area (TPSA) is 49.7 Å². The van der Waals surface area contributed by atoms with Gasteiger partial charge in [-0.2, -0.15) is 0 Å². The number of benzene rings is 1. The van der Waals surface area contributed by atoms with Crippen LogP contribution in [0.2, 0.25) is 0 Å². The Kier molecular flexibility index (Phi) is 1.89. The van der Waals surface area contributed by atoms with Gasteiger partial charge in [-0.1, -0.05) is 0 Å². The van der Waals surface area contributed by atoms with Gasteiger partial charge in [-0.05, 0) is 18.6 Å². The predicted molar refractivity (Wildman–Crippen MR) is 41.1 cm³/mol. The van der Waals surface area contributed by atoms with E-state index in [1.807, 2.05) is 0 Å². The molecule has 2 N–H and O–H groups in total. The fourth-order valence-corrected chi connectivity index (χ4v) is 0.826. The smallest absolute Gasteiger partial charge is 0.164 e. The Morgan fingerprint density at radius 3 is 2.36 bits per heavy atom. The first-order chi connectivity index (χ1) is 5.15. The zero-order valence-corrected chi connectivity index (χ0v) is 6.46. The minimum absolute atomic E-state index is 0.0443. The molecule has 60 valence electrons. The summed E-state index contributed by atoms with van der Waals surface area (Å²) in [6, 6.07) is 2.83. The zero-order valence-electron chi connectivity index (χ0n) is 6.46. The number of ether oxygens (including phenoxy) is 1. The molecule has 11 heavy (non-hydrogen) atoms. The fourth-order valence-electron chi connectivity index (χ4n) is 0.826. The number of aryl methyl sites for hydroxylation is 1. The molecule has 0 unspecified atom stereocenters. The predicted octanol–water partition coefficient (Wildman–Crippen LogP) is 1.41. The highest BCUT2D eigenvalue weighted by Gasteiger charge is 2.04. The van der Waals surface area contributed by atoms with E-state index in [0.29, 0.717) is 5.56 Å². The van der Waals surface area contributed by atoms with Gasteiger partial charge < -0.3 is 14.9 Å². The molecule has 0 bridgehead atoms. The van der Waals surface area contributed by atoms with Crippen molar-refractivity contribution in [1.29, 1.82) is 0 Å². The quantitative estimate of drug-likeness (QED) is 0.601. The van der Waals surface area contributed by atoms with Crippen molar-refractivity contribution >= 4 is 0 Å². The third kappa shape index (κ3) is 1.37. The second-order valence-corrected chi connectivity index (χ2v) is 2.31. The zero-order chi connectivity index (χ0) is 8.43. The maximum absolute atomic E-state index is 9.18. The summed E-state index contributed by atoms with van der Waals surface area (Å²) in [6.07, 6.45) is 0. The molecule has 0 spiro atoms. The highest BCUT2D eigenvalue weighted by atomic mass is 16.5. The van der Waals surface area contributed by atoms with Gasteiger partial charge in [-0.15, -0.1) is 0 Å². The summed E-state index contributed by atoms with van der Waals surface area (Å²) in [5.41, 5.74) is 0.628. The molecule has 0 amide bonds. The van der Waals surface area contributed by atoms with Gasteiger partial charge >= 0.3 is 0 Å². The molecule has 1 aromatic carbocycles. The Bertz CT molecular complexity index is 268. The minimum atomic E-state index is 0.0443. The molecule has 3 heteroatoms. The largest absolute Gasteiger partial charge is 0.508 e. The van der Waals surface area contributed by atoms with Crippen molar-refractivity contribution < 1.29 is 14.9 Å². The molecule has 0 radical (unpaired) electrons. The molecule has 0 aromatic heterocycles. The molecule has 0 atom stereocenters. The van der Waals surface area contributed by atoms with E-state index in [0.717, 1.165) is 0 Å². The van der Waals surface area contributed by atoms with Crippen LogP contribution < -0.4 is 4.74 Å². The molecule has 0 heterocycles. The van der Waals surface area contributed by atoms with Gasteiger partial charge in [0.1, 0.15) is 5.75 Å². The number of methoxy groups -OCH3 is 1. The van der Waals surface area contributed by atoms with Crippen LogP contribution in [0.1, 0.15) is 5.56 Å². The summed E-state index contributed by atoms with van der Waals surface area (Å²) >= 11 is 0. The third-order valence-electron chi connectivity index (χ3n) is 1.50. The lowest BCUT2D eigenvalue weighted by atomic mass is 10.2. The van der Waals surface area contributed by atoms with Crippen LogP contribution in [0.15, 0.2) is 12.1 Å². The molecule has 3 nitrogen and oxygen atoms in total. The van der Waals surface area contributed by atoms with Crippen LogP contribution in [-0.4, -0.2) is 17.3 Å². The van der Waals surface area contributed by atoms with E-state index in [-0.39, 0.29) is 17.2 Å². The Labute approximate surface area is 64.9 Å². The van der Waals surface area contributed by atoms with Gasteiger partial charge in [-0.25, -0.2) is 0 Å². The SMILES string of the molecule is COc1cc(O)c(C)cc1O. The van der Waals surface area contributed by atoms with Crippen LogP contribution in [0.3, 0.4) is 0 Å². The Morgan fingerprint density at radius 1 is 1.18 bits per heavy atom. The Hall–Kier alpha value is -1.38. The van der Waals surface area contributed by atoms with Crippen LogP contribution in [0.5, 0.6) is 17.2 Å². The second kappa shape index (κ2) is 2.70. The van der Waals surface area contributed by atoms with Gasteiger partial charge in [0.25, 0.3) is 0 Å². The number of hydrogen-bond donors (Lipinski definition) is 2. The van der Waals surface area contributed by atoms with E-state index in [4.69, 9.17) is 9.84 Å². The first-order valence-corrected chi connectivity index (χ1v) is 3.21. The van der Waals surface area contributed by atoms with Crippen molar-refractivity contribution in [3.8, 4) is 17.2 Å². The lowest BCUT2D eigenvalue weighted by Gasteiger charge is -2.04. The first kappa shape index (κ1) is 7.72. The molecule has 0 aliphatic carbocycles. The molecule has 0 aliphatic heterocycles. The Balaban J connectivity index is 3.21. The molecule has 0 saturated carbocycles. The lowest BCUT2D eigenvalue weighted by Crippen LogP contribution is -1.84. The number of rotatable bonds is 1. The van der Waals surface area contributed by atoms with Crippen molar-refractivity contribution in [2.24, 2.45) is 0 Å². The van der Waals surface area contributed by atoms with Crippen LogP contribution in [-0.2, 0) is 0 Å². The van der Waals surface area contributed by atoms with Gasteiger partial charge in [0.15, 0.2) is 11.5 Å². The molecule has 1 aromatic rings. The van der Waals surface area contributed by atoms with Gasteiger partial charge in [-0.3, -0.25) is 0 Å². The lowest BCUT2D eigenvalue weighted by molar-refractivity contribution is 0.368. The number of aromatic hydroxyl groups is 2. The summed E-state index contributed by atoms with van der Waals surface area (Å²) in [5.74, 6) is 0.454. The summed E-state index contributed by atoms with van der Waals surface area (Å²) in [6.45, 7) is 1.70. The summed E-state index contributed by atoms with van der Waals surface area (Å²) in [5, 5.41) is 18.3. The van der Waals surface area contributed by atoms with Crippen molar-refractivity contribution in [2.45, 2.75) is 6.92 Å². The Morgan fingerprint density at radius 2 is 1.82 bits per heavy atom. The van der Waals surface area contributed by atoms with E-state index in [1.165, 1.54) is 19.2 Å². The van der Waals surface area contributed by atoms with E-state index < -0.39 is 0 Å². The van der Waals surface area contributed by atoms with E-state index in [2.05, 4.69) is 0 Å². The van der Waals surface area contributed by atoms with Crippen molar-refractivity contribution in [2.75, 3.05) is 7.11 Å². The van der Waals surface area contributed by atoms with Crippen molar-refractivity contribution in [1.82, 2.24) is 0 Å². The van der Waals surface area contributed by atoms with Gasteiger partial charge in [0, 0.05) is 6.07 Å². The van der Waals surface area contributed by atoms with E-state index in [1.54, 1.807) is 6.92 Å². The third-order valence-corrected chi connectivity index (χ3v) is 1.50. The monoisotopic (exact) mass is 154 g/mol. The van der Waals surface area contributed by atoms with Crippen molar-refractivity contribution in [3.05, 3.63) is 17.7 Å². The highest BCUT2D eigenvalue weighted by molar-refractivity contribution is 5.48. The van der Waals surface area contributed by atoms with Gasteiger partial charge in [0.05, 0.1) is 7.11 Å². The number of phenolic OH excluding ortho intramolecular Hbond substituents is 2. The average molecular weight is 154 g/mol. The van der Waals surface area contributed by atoms with E-state index in [9.17, 15) is 5.11 Å². The number of phenols is 2. The van der Waals surface area contributed by atoms with Crippen LogP contribution in [0.25, 0.3) is 0 Å². The molecular weight excluding hydrogens is 144 g/mol. The summed E-state index contributed by atoms with van der Waals surface area (Å²) < 4.78 is 4.77. The maximum atomic E-state index is 9.18. The molecule has 1 rings (SSSR count). The average Bonchev–Trinajstić information content (AvgIpc) is 1.97. The minimum Gasteiger partial charge on any atom is -0.508 e. The molecule has 0 saturated heterocycles. The van der Waals surface area contributed by atoms with Crippen LogP contribution in [0, 0.1) is 6.92 Å². The standard InChI is InChI=1S/C8H10O3/c1-5-3-7(10)8(11-2)4-6(5)9/h3-4,9-10H,1-2H3. The highest BCUT2D eigenvalue weighted by Crippen LogP contribution is 2.32. The molecule has 0 fully saturated rings. The summed E-state index contributed by atoms with van der Waals surface area (Å²) in [7, 11) is 1.43.